The van der Waals surface area contributed by atoms with E-state index in [1.807, 2.05) is 43.3 Å². The van der Waals surface area contributed by atoms with Crippen molar-refractivity contribution < 1.29 is 4.79 Å². The topological polar surface area (TPSA) is 45.2 Å². The third kappa shape index (κ3) is 3.64. The second-order valence-corrected chi connectivity index (χ2v) is 7.95. The predicted octanol–water partition coefficient (Wildman–Crippen LogP) is 4.50. The maximum atomic E-state index is 12.6. The highest BCUT2D eigenvalue weighted by Gasteiger charge is 2.29. The van der Waals surface area contributed by atoms with Crippen LogP contribution < -0.4 is 5.32 Å². The molecule has 3 aromatic rings. The zero-order valence-electron chi connectivity index (χ0n) is 14.9. The van der Waals surface area contributed by atoms with Crippen molar-refractivity contribution in [2.24, 2.45) is 0 Å². The first kappa shape index (κ1) is 17.2. The summed E-state index contributed by atoms with van der Waals surface area (Å²) in [4.78, 5) is 19.8. The van der Waals surface area contributed by atoms with Gasteiger partial charge in [0.2, 0.25) is 5.91 Å². The van der Waals surface area contributed by atoms with Crippen LogP contribution in [0.3, 0.4) is 0 Å². The minimum atomic E-state index is -0.146. The van der Waals surface area contributed by atoms with Crippen molar-refractivity contribution in [1.29, 1.82) is 0 Å². The number of piperidine rings is 1. The molecule has 0 spiro atoms. The maximum Gasteiger partial charge on any atom is 0.241 e. The average Bonchev–Trinajstić information content (AvgIpc) is 3.12. The summed E-state index contributed by atoms with van der Waals surface area (Å²) in [7, 11) is 0. The van der Waals surface area contributed by atoms with E-state index in [0.717, 1.165) is 37.1 Å². The fourth-order valence-electron chi connectivity index (χ4n) is 3.56. The van der Waals surface area contributed by atoms with Gasteiger partial charge in [-0.2, -0.15) is 0 Å². The minimum absolute atomic E-state index is 0.0566. The number of para-hydroxylation sites is 2. The van der Waals surface area contributed by atoms with Crippen LogP contribution in [-0.4, -0.2) is 34.9 Å². The predicted molar refractivity (Wildman–Crippen MR) is 108 cm³/mol. The Bertz CT molecular complexity index is 859. The Morgan fingerprint density at radius 1 is 1.19 bits per heavy atom. The van der Waals surface area contributed by atoms with Crippen molar-refractivity contribution in [3.8, 4) is 0 Å². The number of aromatic nitrogens is 1. The Kier molecular flexibility index (Phi) is 5.00. The number of thiazole rings is 1. The number of amides is 1. The first-order valence-corrected chi connectivity index (χ1v) is 9.98. The van der Waals surface area contributed by atoms with Crippen molar-refractivity contribution in [3.05, 3.63) is 59.6 Å². The van der Waals surface area contributed by atoms with E-state index in [4.69, 9.17) is 4.98 Å². The molecule has 4 nitrogen and oxygen atoms in total. The number of rotatable bonds is 4. The summed E-state index contributed by atoms with van der Waals surface area (Å²) in [6.45, 7) is 3.85. The molecule has 1 saturated heterocycles. The molecule has 4 rings (SSSR count). The van der Waals surface area contributed by atoms with Gasteiger partial charge in [-0.1, -0.05) is 30.3 Å². The summed E-state index contributed by atoms with van der Waals surface area (Å²) in [6.07, 6.45) is 2.24. The highest BCUT2D eigenvalue weighted by molar-refractivity contribution is 7.18. The second kappa shape index (κ2) is 7.56. The number of fused-ring (bicyclic) bond motifs is 1. The zero-order chi connectivity index (χ0) is 17.9. The minimum Gasteiger partial charge on any atom is -0.325 e. The first-order valence-electron chi connectivity index (χ1n) is 9.16. The van der Waals surface area contributed by atoms with Crippen LogP contribution in [0.2, 0.25) is 0 Å². The van der Waals surface area contributed by atoms with Crippen LogP contribution >= 0.6 is 11.3 Å². The molecule has 2 atom stereocenters. The van der Waals surface area contributed by atoms with Gasteiger partial charge in [0.1, 0.15) is 0 Å². The molecule has 1 aliphatic rings. The molecule has 0 bridgehead atoms. The van der Waals surface area contributed by atoms with Crippen LogP contribution in [0.25, 0.3) is 10.2 Å². The highest BCUT2D eigenvalue weighted by atomic mass is 32.1. The van der Waals surface area contributed by atoms with Crippen LogP contribution in [-0.2, 0) is 4.79 Å². The van der Waals surface area contributed by atoms with Crippen LogP contribution in [0.1, 0.15) is 30.7 Å². The second-order valence-electron chi connectivity index (χ2n) is 6.89. The fraction of sp³-hybridized carbons (Fsp3) is 0.333. The van der Waals surface area contributed by atoms with E-state index in [2.05, 4.69) is 28.4 Å². The molecule has 1 fully saturated rings. The van der Waals surface area contributed by atoms with E-state index >= 15 is 0 Å². The molecule has 26 heavy (non-hydrogen) atoms. The molecule has 2 aromatic carbocycles. The number of carbonyl (C=O) groups excluding carboxylic acids is 1. The van der Waals surface area contributed by atoms with Gasteiger partial charge in [-0.3, -0.25) is 9.69 Å². The lowest BCUT2D eigenvalue weighted by Crippen LogP contribution is -2.46. The number of hydrogen-bond acceptors (Lipinski definition) is 4. The Morgan fingerprint density at radius 3 is 2.77 bits per heavy atom. The third-order valence-corrected chi connectivity index (χ3v) is 6.28. The number of nitrogens with zero attached hydrogens (tertiary/aromatic N) is 2. The van der Waals surface area contributed by atoms with Crippen molar-refractivity contribution in [2.45, 2.75) is 31.7 Å². The number of anilines is 1. The lowest BCUT2D eigenvalue weighted by Gasteiger charge is -2.35. The summed E-state index contributed by atoms with van der Waals surface area (Å²) in [6, 6.07) is 17.8. The van der Waals surface area contributed by atoms with Gasteiger partial charge in [0.05, 0.1) is 21.3 Å². The number of hydrogen-bond donors (Lipinski definition) is 1. The summed E-state index contributed by atoms with van der Waals surface area (Å²) in [5.41, 5.74) is 1.93. The van der Waals surface area contributed by atoms with E-state index < -0.39 is 0 Å². The highest BCUT2D eigenvalue weighted by Crippen LogP contribution is 2.33. The standard InChI is InChI=1S/C21H23N3OS/c1-15(20(25)22-17-9-3-2-4-10-17)24-13-7-8-16(14-24)21-23-18-11-5-6-12-19(18)26-21/h2-6,9-12,15-16H,7-8,13-14H2,1H3,(H,22,25)/t15-,16+/m1/s1. The molecule has 1 aliphatic heterocycles. The average molecular weight is 366 g/mol. The molecule has 0 radical (unpaired) electrons. The van der Waals surface area contributed by atoms with Gasteiger partial charge >= 0.3 is 0 Å². The van der Waals surface area contributed by atoms with E-state index in [1.165, 1.54) is 9.71 Å². The van der Waals surface area contributed by atoms with Crippen molar-refractivity contribution in [1.82, 2.24) is 9.88 Å². The number of benzene rings is 2. The van der Waals surface area contributed by atoms with Crippen LogP contribution in [0.4, 0.5) is 5.69 Å². The third-order valence-electron chi connectivity index (χ3n) is 5.08. The van der Waals surface area contributed by atoms with Crippen molar-refractivity contribution in [2.75, 3.05) is 18.4 Å². The van der Waals surface area contributed by atoms with Gasteiger partial charge in [-0.25, -0.2) is 4.98 Å². The van der Waals surface area contributed by atoms with Crippen molar-refractivity contribution in [3.63, 3.8) is 0 Å². The molecule has 0 saturated carbocycles. The lowest BCUT2D eigenvalue weighted by atomic mass is 9.97. The van der Waals surface area contributed by atoms with E-state index in [0.29, 0.717) is 5.92 Å². The van der Waals surface area contributed by atoms with E-state index in [-0.39, 0.29) is 11.9 Å². The van der Waals surface area contributed by atoms with Crippen LogP contribution in [0.5, 0.6) is 0 Å². The molecule has 2 heterocycles. The Morgan fingerprint density at radius 2 is 1.96 bits per heavy atom. The van der Waals surface area contributed by atoms with Gasteiger partial charge in [-0.15, -0.1) is 11.3 Å². The van der Waals surface area contributed by atoms with Gasteiger partial charge in [0.15, 0.2) is 0 Å². The monoisotopic (exact) mass is 365 g/mol. The molecule has 1 N–H and O–H groups in total. The summed E-state index contributed by atoms with van der Waals surface area (Å²) in [5, 5.41) is 4.22. The fourth-order valence-corrected chi connectivity index (χ4v) is 4.65. The van der Waals surface area contributed by atoms with Gasteiger partial charge in [0.25, 0.3) is 0 Å². The van der Waals surface area contributed by atoms with Gasteiger partial charge < -0.3 is 5.32 Å². The largest absolute Gasteiger partial charge is 0.325 e. The number of likely N-dealkylation sites (tertiary alicyclic amines) is 1. The van der Waals surface area contributed by atoms with E-state index in [9.17, 15) is 4.79 Å². The quantitative estimate of drug-likeness (QED) is 0.740. The molecule has 134 valence electrons. The molecule has 5 heteroatoms. The summed E-state index contributed by atoms with van der Waals surface area (Å²) < 4.78 is 1.24. The zero-order valence-corrected chi connectivity index (χ0v) is 15.7. The molecular formula is C21H23N3OS. The van der Waals surface area contributed by atoms with Gasteiger partial charge in [-0.05, 0) is 50.6 Å². The Labute approximate surface area is 157 Å². The SMILES string of the molecule is C[C@H](C(=O)Nc1ccccc1)N1CCC[C@H](c2nc3ccccc3s2)C1. The van der Waals surface area contributed by atoms with Crippen molar-refractivity contribution >= 4 is 33.1 Å². The Balaban J connectivity index is 1.44. The summed E-state index contributed by atoms with van der Waals surface area (Å²) in [5.74, 6) is 0.467. The Hall–Kier alpha value is -2.24. The van der Waals surface area contributed by atoms with Gasteiger partial charge in [0, 0.05) is 18.2 Å². The number of nitrogens with one attached hydrogen (secondary N) is 1. The lowest BCUT2D eigenvalue weighted by molar-refractivity contribution is -0.121. The molecule has 0 aliphatic carbocycles. The molecule has 1 amide bonds. The molecule has 0 unspecified atom stereocenters. The summed E-state index contributed by atoms with van der Waals surface area (Å²) >= 11 is 1.79. The van der Waals surface area contributed by atoms with Crippen LogP contribution in [0.15, 0.2) is 54.6 Å². The van der Waals surface area contributed by atoms with E-state index in [1.54, 1.807) is 11.3 Å². The molecular weight excluding hydrogens is 342 g/mol. The number of carbonyl (C=O) groups is 1. The smallest absolute Gasteiger partial charge is 0.241 e. The maximum absolute atomic E-state index is 12.6. The molecule has 1 aromatic heterocycles. The normalized spacial score (nSPS) is 19.3. The first-order chi connectivity index (χ1) is 12.7. The van der Waals surface area contributed by atoms with Crippen LogP contribution in [0, 0.1) is 0 Å².